The summed E-state index contributed by atoms with van der Waals surface area (Å²) in [5.74, 6) is 3.77. The van der Waals surface area contributed by atoms with E-state index in [0.29, 0.717) is 11.5 Å². The van der Waals surface area contributed by atoms with Crippen LogP contribution in [0.4, 0.5) is 5.82 Å². The van der Waals surface area contributed by atoms with Crippen LogP contribution in [-0.4, -0.2) is 19.5 Å². The number of nitrogen functional groups attached to an aromatic ring is 1. The van der Waals surface area contributed by atoms with Gasteiger partial charge in [-0.1, -0.05) is 0 Å². The van der Waals surface area contributed by atoms with Gasteiger partial charge in [0.1, 0.15) is 12.0 Å². The molecule has 0 fully saturated rings. The highest BCUT2D eigenvalue weighted by molar-refractivity contribution is 5.64. The molecule has 2 aliphatic heterocycles. The molecule has 0 aromatic rings. The molecule has 0 unspecified atom stereocenters. The molecule has 5 nitrogen and oxygen atoms in total. The predicted molar refractivity (Wildman–Crippen MR) is 56.9 cm³/mol. The summed E-state index contributed by atoms with van der Waals surface area (Å²) in [4.78, 5) is 12.2. The van der Waals surface area contributed by atoms with E-state index in [-0.39, 0.29) is 0 Å². The van der Waals surface area contributed by atoms with Gasteiger partial charge in [-0.2, -0.15) is 0 Å². The molecule has 15 heavy (non-hydrogen) atoms. The lowest BCUT2D eigenvalue weighted by Gasteiger charge is -2.09. The quantitative estimate of drug-likeness (QED) is 0.588. The summed E-state index contributed by atoms with van der Waals surface area (Å²) < 4.78 is 1.91. The first-order chi connectivity index (χ1) is 7.33. The molecule has 0 spiro atoms. The van der Waals surface area contributed by atoms with Crippen LogP contribution in [0.25, 0.3) is 11.5 Å². The molecule has 2 aliphatic rings. The Morgan fingerprint density at radius 3 is 3.07 bits per heavy atom. The summed E-state index contributed by atoms with van der Waals surface area (Å²) in [6, 6.07) is 0. The molecule has 0 amide bonds. The lowest BCUT2D eigenvalue weighted by atomic mass is 10.3. The second-order valence-corrected chi connectivity index (χ2v) is 3.18. The molecule has 0 aromatic carbocycles. The third-order valence-corrected chi connectivity index (χ3v) is 2.15. The smallest absolute Gasteiger partial charge is 0.165 e. The van der Waals surface area contributed by atoms with Gasteiger partial charge in [0.2, 0.25) is 0 Å². The predicted octanol–water partition coefficient (Wildman–Crippen LogP) is 0.774. The third-order valence-electron chi connectivity index (χ3n) is 2.15. The van der Waals surface area contributed by atoms with Gasteiger partial charge in [-0.15, -0.1) is 12.3 Å². The van der Waals surface area contributed by atoms with E-state index >= 15 is 0 Å². The highest BCUT2D eigenvalue weighted by Gasteiger charge is 2.13. The van der Waals surface area contributed by atoms with Crippen molar-refractivity contribution in [3.8, 4) is 23.9 Å². The number of rotatable bonds is 3. The molecule has 0 aromatic heterocycles. The van der Waals surface area contributed by atoms with Crippen LogP contribution in [0.15, 0.2) is 12.7 Å². The van der Waals surface area contributed by atoms with Crippen LogP contribution in [0.3, 0.4) is 0 Å². The lowest BCUT2D eigenvalue weighted by molar-refractivity contribution is 0.639. The Morgan fingerprint density at radius 2 is 2.27 bits per heavy atom. The van der Waals surface area contributed by atoms with Crippen molar-refractivity contribution in [2.24, 2.45) is 0 Å². The second-order valence-electron chi connectivity index (χ2n) is 3.18. The molecule has 0 aliphatic carbocycles. The first kappa shape index (κ1) is 9.46. The molecule has 2 rings (SSSR count). The second kappa shape index (κ2) is 3.96. The van der Waals surface area contributed by atoms with Crippen LogP contribution in [0, 0.1) is 12.3 Å². The van der Waals surface area contributed by atoms with Gasteiger partial charge in [0.25, 0.3) is 0 Å². The minimum Gasteiger partial charge on any atom is -0.382 e. The molecule has 76 valence electrons. The van der Waals surface area contributed by atoms with Crippen molar-refractivity contribution in [1.29, 1.82) is 0 Å². The number of fused-ring (bicyclic) bond motifs is 1. The molecule has 0 radical (unpaired) electrons. The highest BCUT2D eigenvalue weighted by Crippen LogP contribution is 2.21. The molecule has 0 saturated carbocycles. The number of nitrogens with zero attached hydrogens (tertiary/aromatic N) is 4. The van der Waals surface area contributed by atoms with Gasteiger partial charge in [-0.25, -0.2) is 15.0 Å². The Hall–Kier alpha value is -2.09. The summed E-state index contributed by atoms with van der Waals surface area (Å²) in [6.07, 6.45) is 9.98. The van der Waals surface area contributed by atoms with E-state index in [4.69, 9.17) is 12.2 Å². The number of imidazole rings is 1. The lowest BCUT2D eigenvalue weighted by Crippen LogP contribution is -2.08. The van der Waals surface area contributed by atoms with Crippen molar-refractivity contribution in [2.45, 2.75) is 19.4 Å². The van der Waals surface area contributed by atoms with E-state index in [1.165, 1.54) is 6.33 Å². The van der Waals surface area contributed by atoms with Gasteiger partial charge in [-0.05, 0) is 6.42 Å². The van der Waals surface area contributed by atoms with Gasteiger partial charge in [0.05, 0.1) is 6.33 Å². The SMILES string of the molecule is C#CCCCn1cnc(N)c2ncnc1-2. The summed E-state index contributed by atoms with van der Waals surface area (Å²) in [6.45, 7) is 0.784. The van der Waals surface area contributed by atoms with E-state index < -0.39 is 0 Å². The average molecular weight is 201 g/mol. The fourth-order valence-electron chi connectivity index (χ4n) is 1.41. The van der Waals surface area contributed by atoms with Crippen LogP contribution in [-0.2, 0) is 6.54 Å². The zero-order valence-electron chi connectivity index (χ0n) is 8.22. The molecule has 0 atom stereocenters. The maximum Gasteiger partial charge on any atom is 0.165 e. The first-order valence-electron chi connectivity index (χ1n) is 4.67. The number of hydrogen-bond donors (Lipinski definition) is 1. The Morgan fingerprint density at radius 1 is 1.40 bits per heavy atom. The number of aryl methyl sites for hydroxylation is 1. The Kier molecular flexibility index (Phi) is 2.50. The average Bonchev–Trinajstić information content (AvgIpc) is 2.71. The zero-order valence-corrected chi connectivity index (χ0v) is 8.22. The number of nitrogens with two attached hydrogens (primary N) is 1. The molecule has 5 heteroatoms. The van der Waals surface area contributed by atoms with Crippen molar-refractivity contribution >= 4 is 5.82 Å². The first-order valence-corrected chi connectivity index (χ1v) is 4.67. The molecule has 0 bridgehead atoms. The normalized spacial score (nSPS) is 10.3. The number of hydrogen-bond acceptors (Lipinski definition) is 4. The molecule has 2 N–H and O–H groups in total. The van der Waals surface area contributed by atoms with Gasteiger partial charge >= 0.3 is 0 Å². The van der Waals surface area contributed by atoms with E-state index in [9.17, 15) is 0 Å². The van der Waals surface area contributed by atoms with Crippen molar-refractivity contribution < 1.29 is 0 Å². The fraction of sp³-hybridized carbons (Fsp3) is 0.300. The van der Waals surface area contributed by atoms with Gasteiger partial charge in [-0.3, -0.25) is 0 Å². The molecule has 0 saturated heterocycles. The third kappa shape index (κ3) is 1.74. The standard InChI is InChI=1S/C10H11N5/c1-2-3-4-5-15-7-14-9(11)8-10(15)13-6-12-8/h1,6-7H,3-5,11H2. The summed E-state index contributed by atoms with van der Waals surface area (Å²) in [7, 11) is 0. The molecular formula is C10H11N5. The maximum atomic E-state index is 5.67. The fourth-order valence-corrected chi connectivity index (χ4v) is 1.41. The van der Waals surface area contributed by atoms with Gasteiger partial charge in [0.15, 0.2) is 11.6 Å². The van der Waals surface area contributed by atoms with Gasteiger partial charge in [0, 0.05) is 13.0 Å². The van der Waals surface area contributed by atoms with Crippen LogP contribution < -0.4 is 5.73 Å². The number of anilines is 1. The summed E-state index contributed by atoms with van der Waals surface area (Å²) in [5, 5.41) is 0. The maximum absolute atomic E-state index is 5.67. The van der Waals surface area contributed by atoms with Crippen molar-refractivity contribution in [1.82, 2.24) is 19.5 Å². The van der Waals surface area contributed by atoms with E-state index in [0.717, 1.165) is 25.2 Å². The molecule has 2 heterocycles. The minimum absolute atomic E-state index is 0.413. The minimum atomic E-state index is 0.413. The van der Waals surface area contributed by atoms with E-state index in [2.05, 4.69) is 20.9 Å². The largest absolute Gasteiger partial charge is 0.382 e. The van der Waals surface area contributed by atoms with Crippen LogP contribution in [0.5, 0.6) is 0 Å². The summed E-state index contributed by atoms with van der Waals surface area (Å²) >= 11 is 0. The van der Waals surface area contributed by atoms with Crippen LogP contribution in [0.2, 0.25) is 0 Å². The summed E-state index contributed by atoms with van der Waals surface area (Å²) in [5.41, 5.74) is 6.32. The zero-order chi connectivity index (χ0) is 10.7. The number of aromatic nitrogens is 4. The topological polar surface area (TPSA) is 69.6 Å². The Bertz CT molecular complexity index is 467. The van der Waals surface area contributed by atoms with Crippen LogP contribution >= 0.6 is 0 Å². The number of terminal acetylenes is 1. The van der Waals surface area contributed by atoms with Crippen molar-refractivity contribution in [3.05, 3.63) is 12.7 Å². The van der Waals surface area contributed by atoms with Crippen molar-refractivity contribution in [3.63, 3.8) is 0 Å². The van der Waals surface area contributed by atoms with Crippen LogP contribution in [0.1, 0.15) is 12.8 Å². The van der Waals surface area contributed by atoms with Crippen molar-refractivity contribution in [2.75, 3.05) is 5.73 Å². The van der Waals surface area contributed by atoms with Gasteiger partial charge < -0.3 is 10.3 Å². The molecular weight excluding hydrogens is 190 g/mol. The highest BCUT2D eigenvalue weighted by atomic mass is 15.1. The Balaban J connectivity index is 2.26. The monoisotopic (exact) mass is 201 g/mol. The van der Waals surface area contributed by atoms with E-state index in [1.54, 1.807) is 6.33 Å². The number of unbranched alkanes of at least 4 members (excludes halogenated alkanes) is 1. The van der Waals surface area contributed by atoms with E-state index in [1.807, 2.05) is 4.57 Å². The Labute approximate surface area is 87.7 Å².